The van der Waals surface area contributed by atoms with Gasteiger partial charge in [-0.1, -0.05) is 48.5 Å². The highest BCUT2D eigenvalue weighted by molar-refractivity contribution is 6.13. The van der Waals surface area contributed by atoms with Crippen LogP contribution in [-0.4, -0.2) is 16.5 Å². The number of methoxy groups -OCH3 is 1. The van der Waals surface area contributed by atoms with Gasteiger partial charge in [0.25, 0.3) is 0 Å². The third kappa shape index (κ3) is 1.99. The molecule has 5 aromatic rings. The van der Waals surface area contributed by atoms with Crippen LogP contribution in [0, 0.1) is 0 Å². The number of rotatable bonds is 2. The maximum atomic E-state index is 12.8. The number of para-hydroxylation sites is 2. The van der Waals surface area contributed by atoms with Crippen molar-refractivity contribution in [2.45, 2.75) is 0 Å². The molecule has 3 aromatic carbocycles. The molecule has 0 aliphatic rings. The van der Waals surface area contributed by atoms with Crippen molar-refractivity contribution in [1.82, 2.24) is 9.38 Å². The van der Waals surface area contributed by atoms with Crippen LogP contribution < -0.4 is 10.4 Å². The molecule has 0 fully saturated rings. The molecule has 2 aromatic heterocycles. The van der Waals surface area contributed by atoms with Crippen molar-refractivity contribution in [3.8, 4) is 16.9 Å². The van der Waals surface area contributed by atoms with Crippen LogP contribution in [-0.2, 0) is 0 Å². The van der Waals surface area contributed by atoms with E-state index in [4.69, 9.17) is 4.74 Å². The van der Waals surface area contributed by atoms with E-state index in [2.05, 4.69) is 11.1 Å². The number of H-pyrrole nitrogens is 1. The number of fused-ring (bicyclic) bond motifs is 5. The third-order valence-corrected chi connectivity index (χ3v) is 4.88. The van der Waals surface area contributed by atoms with Gasteiger partial charge in [-0.3, -0.25) is 4.40 Å². The van der Waals surface area contributed by atoms with Gasteiger partial charge in [0.1, 0.15) is 5.75 Å². The molecule has 0 aliphatic heterocycles. The molecule has 2 heterocycles. The molecule has 26 heavy (non-hydrogen) atoms. The summed E-state index contributed by atoms with van der Waals surface area (Å²) in [5.41, 5.74) is 4.65. The van der Waals surface area contributed by atoms with E-state index in [0.29, 0.717) is 0 Å². The zero-order chi connectivity index (χ0) is 17.7. The first-order valence-electron chi connectivity index (χ1n) is 8.46. The monoisotopic (exact) mass is 340 g/mol. The molecule has 5 rings (SSSR count). The van der Waals surface area contributed by atoms with Crippen LogP contribution in [0.4, 0.5) is 0 Å². The van der Waals surface area contributed by atoms with E-state index < -0.39 is 0 Å². The van der Waals surface area contributed by atoms with Crippen molar-refractivity contribution in [3.05, 3.63) is 83.3 Å². The molecule has 4 nitrogen and oxygen atoms in total. The Morgan fingerprint density at radius 2 is 1.54 bits per heavy atom. The van der Waals surface area contributed by atoms with Gasteiger partial charge >= 0.3 is 5.69 Å². The lowest BCUT2D eigenvalue weighted by Crippen LogP contribution is -2.15. The van der Waals surface area contributed by atoms with Gasteiger partial charge in [-0.2, -0.15) is 0 Å². The van der Waals surface area contributed by atoms with E-state index in [1.54, 1.807) is 11.5 Å². The molecule has 0 atom stereocenters. The van der Waals surface area contributed by atoms with E-state index in [1.165, 1.54) is 0 Å². The fourth-order valence-electron chi connectivity index (χ4n) is 3.73. The summed E-state index contributed by atoms with van der Waals surface area (Å²) in [6.07, 6.45) is 0. The number of ether oxygens (including phenoxy) is 1. The predicted octanol–water partition coefficient (Wildman–Crippen LogP) is 4.61. The lowest BCUT2D eigenvalue weighted by atomic mass is 10.0. The Kier molecular flexibility index (Phi) is 3.12. The maximum absolute atomic E-state index is 12.8. The number of aromatic nitrogens is 2. The van der Waals surface area contributed by atoms with Crippen LogP contribution in [0.5, 0.6) is 5.75 Å². The molecule has 0 aliphatic carbocycles. The Morgan fingerprint density at radius 1 is 0.846 bits per heavy atom. The van der Waals surface area contributed by atoms with Crippen LogP contribution in [0.1, 0.15) is 0 Å². The SMILES string of the molecule is COc1ccc(-c2c3ccccc3n3c(=O)[nH]c4ccccc4c23)cc1. The van der Waals surface area contributed by atoms with Crippen molar-refractivity contribution < 1.29 is 4.74 Å². The van der Waals surface area contributed by atoms with Crippen molar-refractivity contribution in [3.63, 3.8) is 0 Å². The van der Waals surface area contributed by atoms with Gasteiger partial charge in [-0.25, -0.2) is 4.79 Å². The van der Waals surface area contributed by atoms with Crippen LogP contribution in [0.2, 0.25) is 0 Å². The van der Waals surface area contributed by atoms with Gasteiger partial charge in [0, 0.05) is 16.3 Å². The summed E-state index contributed by atoms with van der Waals surface area (Å²) in [7, 11) is 1.66. The fourth-order valence-corrected chi connectivity index (χ4v) is 3.73. The van der Waals surface area contributed by atoms with E-state index in [0.717, 1.165) is 44.2 Å². The van der Waals surface area contributed by atoms with Gasteiger partial charge in [-0.15, -0.1) is 0 Å². The highest BCUT2D eigenvalue weighted by Gasteiger charge is 2.17. The largest absolute Gasteiger partial charge is 0.497 e. The van der Waals surface area contributed by atoms with Gasteiger partial charge in [-0.05, 0) is 29.8 Å². The number of benzene rings is 3. The number of aromatic amines is 1. The molecular formula is C22H16N2O2. The predicted molar refractivity (Wildman–Crippen MR) is 105 cm³/mol. The summed E-state index contributed by atoms with van der Waals surface area (Å²) in [5, 5.41) is 2.08. The molecule has 0 spiro atoms. The average molecular weight is 340 g/mol. The highest BCUT2D eigenvalue weighted by atomic mass is 16.5. The van der Waals surface area contributed by atoms with E-state index in [1.807, 2.05) is 66.7 Å². The number of nitrogens with zero attached hydrogens (tertiary/aromatic N) is 1. The summed E-state index contributed by atoms with van der Waals surface area (Å²) in [5.74, 6) is 0.810. The molecule has 0 bridgehead atoms. The smallest absolute Gasteiger partial charge is 0.331 e. The number of hydrogen-bond acceptors (Lipinski definition) is 2. The minimum absolute atomic E-state index is 0.130. The quantitative estimate of drug-likeness (QED) is 0.510. The summed E-state index contributed by atoms with van der Waals surface area (Å²) in [6.45, 7) is 0. The molecular weight excluding hydrogens is 324 g/mol. The molecule has 0 radical (unpaired) electrons. The minimum Gasteiger partial charge on any atom is -0.497 e. The Balaban J connectivity index is 2.04. The topological polar surface area (TPSA) is 46.5 Å². The summed E-state index contributed by atoms with van der Waals surface area (Å²) < 4.78 is 7.07. The minimum atomic E-state index is -0.130. The van der Waals surface area contributed by atoms with Crippen molar-refractivity contribution in [2.75, 3.05) is 7.11 Å². The second-order valence-corrected chi connectivity index (χ2v) is 6.28. The van der Waals surface area contributed by atoms with Crippen molar-refractivity contribution >= 4 is 27.3 Å². The molecule has 4 heteroatoms. The first kappa shape index (κ1) is 14.8. The summed E-state index contributed by atoms with van der Waals surface area (Å²) in [6, 6.07) is 23.9. The Labute approximate surface area is 149 Å². The van der Waals surface area contributed by atoms with Gasteiger partial charge < -0.3 is 9.72 Å². The van der Waals surface area contributed by atoms with E-state index >= 15 is 0 Å². The van der Waals surface area contributed by atoms with E-state index in [9.17, 15) is 4.79 Å². The molecule has 0 saturated heterocycles. The van der Waals surface area contributed by atoms with Crippen LogP contribution in [0.15, 0.2) is 77.6 Å². The Morgan fingerprint density at radius 3 is 2.31 bits per heavy atom. The standard InChI is InChI=1S/C22H16N2O2/c1-26-15-12-10-14(11-13-15)20-17-7-3-5-9-19(17)24-21(20)16-6-2-4-8-18(16)23-22(24)25/h2-13H,1H3,(H,23,25). The van der Waals surface area contributed by atoms with Crippen molar-refractivity contribution in [2.24, 2.45) is 0 Å². The zero-order valence-electron chi connectivity index (χ0n) is 14.2. The highest BCUT2D eigenvalue weighted by Crippen LogP contribution is 2.37. The first-order valence-corrected chi connectivity index (χ1v) is 8.46. The maximum Gasteiger partial charge on any atom is 0.331 e. The van der Waals surface area contributed by atoms with E-state index in [-0.39, 0.29) is 5.69 Å². The second kappa shape index (κ2) is 5.49. The average Bonchev–Trinajstić information content (AvgIpc) is 3.04. The van der Waals surface area contributed by atoms with Gasteiger partial charge in [0.05, 0.1) is 23.7 Å². The summed E-state index contributed by atoms with van der Waals surface area (Å²) >= 11 is 0. The van der Waals surface area contributed by atoms with Gasteiger partial charge in [0.2, 0.25) is 0 Å². The van der Waals surface area contributed by atoms with Crippen LogP contribution in [0.3, 0.4) is 0 Å². The Hall–Kier alpha value is -3.53. The fraction of sp³-hybridized carbons (Fsp3) is 0.0455. The first-order chi connectivity index (χ1) is 12.8. The molecule has 0 amide bonds. The Bertz CT molecular complexity index is 1330. The molecule has 0 saturated carbocycles. The van der Waals surface area contributed by atoms with Crippen LogP contribution >= 0.6 is 0 Å². The van der Waals surface area contributed by atoms with Crippen LogP contribution in [0.25, 0.3) is 38.4 Å². The zero-order valence-corrected chi connectivity index (χ0v) is 14.2. The third-order valence-electron chi connectivity index (χ3n) is 4.88. The lowest BCUT2D eigenvalue weighted by molar-refractivity contribution is 0.415. The number of hydrogen-bond donors (Lipinski definition) is 1. The summed E-state index contributed by atoms with van der Waals surface area (Å²) in [4.78, 5) is 15.8. The molecule has 0 unspecified atom stereocenters. The molecule has 126 valence electrons. The van der Waals surface area contributed by atoms with Gasteiger partial charge in [0.15, 0.2) is 0 Å². The second-order valence-electron chi connectivity index (χ2n) is 6.28. The molecule has 1 N–H and O–H groups in total. The number of nitrogens with one attached hydrogen (secondary N) is 1. The van der Waals surface area contributed by atoms with Crippen molar-refractivity contribution in [1.29, 1.82) is 0 Å². The lowest BCUT2D eigenvalue weighted by Gasteiger charge is -2.06. The normalized spacial score (nSPS) is 11.4.